The summed E-state index contributed by atoms with van der Waals surface area (Å²) < 4.78 is 0. The van der Waals surface area contributed by atoms with Crippen LogP contribution in [0.15, 0.2) is 72.8 Å². The van der Waals surface area contributed by atoms with Crippen LogP contribution in [-0.2, 0) is 6.54 Å². The van der Waals surface area contributed by atoms with Gasteiger partial charge >= 0.3 is 5.69 Å². The molecule has 3 aromatic carbocycles. The van der Waals surface area contributed by atoms with Crippen molar-refractivity contribution >= 4 is 17.2 Å². The maximum Gasteiger partial charge on any atom is 0.329 e. The summed E-state index contributed by atoms with van der Waals surface area (Å²) in [5, 5.41) is 13.2. The molecule has 26 heavy (non-hydrogen) atoms. The van der Waals surface area contributed by atoms with Gasteiger partial charge in [0.1, 0.15) is 6.54 Å². The second-order valence-electron chi connectivity index (χ2n) is 6.06. The van der Waals surface area contributed by atoms with E-state index in [2.05, 4.69) is 0 Å². The van der Waals surface area contributed by atoms with Crippen LogP contribution in [0.2, 0.25) is 0 Å². The van der Waals surface area contributed by atoms with Crippen molar-refractivity contribution in [2.45, 2.75) is 13.5 Å². The highest BCUT2D eigenvalue weighted by molar-refractivity contribution is 5.95. The van der Waals surface area contributed by atoms with E-state index in [1.807, 2.05) is 53.8 Å². The van der Waals surface area contributed by atoms with Gasteiger partial charge in [-0.2, -0.15) is 0 Å². The molecule has 0 saturated carbocycles. The molecule has 0 unspecified atom stereocenters. The van der Waals surface area contributed by atoms with Crippen molar-refractivity contribution in [3.8, 4) is 11.1 Å². The van der Waals surface area contributed by atoms with Crippen LogP contribution in [0.3, 0.4) is 0 Å². The molecule has 0 amide bonds. The zero-order valence-electron chi connectivity index (χ0n) is 14.4. The number of quaternary nitrogens is 1. The molecule has 3 rings (SSSR count). The van der Waals surface area contributed by atoms with Crippen molar-refractivity contribution in [1.82, 2.24) is 0 Å². The minimum Gasteiger partial charge on any atom is -0.304 e. The summed E-state index contributed by atoms with van der Waals surface area (Å²) in [7, 11) is 0. The van der Waals surface area contributed by atoms with Crippen molar-refractivity contribution in [3.05, 3.63) is 94.0 Å². The van der Waals surface area contributed by atoms with E-state index in [0.717, 1.165) is 16.7 Å². The third-order valence-corrected chi connectivity index (χ3v) is 4.23. The molecule has 0 aliphatic heterocycles. The minimum absolute atomic E-state index is 0.00961. The fourth-order valence-corrected chi connectivity index (χ4v) is 2.82. The Bertz CT molecular complexity index is 952. The number of ketones is 1. The number of rotatable bonds is 6. The average Bonchev–Trinajstić information content (AvgIpc) is 2.67. The van der Waals surface area contributed by atoms with E-state index in [4.69, 9.17) is 0 Å². The van der Waals surface area contributed by atoms with Gasteiger partial charge in [-0.15, -0.1) is 0 Å². The highest BCUT2D eigenvalue weighted by Crippen LogP contribution is 2.28. The van der Waals surface area contributed by atoms with E-state index in [-0.39, 0.29) is 16.4 Å². The molecule has 130 valence electrons. The third-order valence-electron chi connectivity index (χ3n) is 4.23. The second kappa shape index (κ2) is 7.72. The van der Waals surface area contributed by atoms with Gasteiger partial charge < -0.3 is 5.32 Å². The smallest absolute Gasteiger partial charge is 0.304 e. The molecule has 0 heterocycles. The Morgan fingerprint density at radius 3 is 2.38 bits per heavy atom. The van der Waals surface area contributed by atoms with Gasteiger partial charge in [-0.05, 0) is 30.2 Å². The number of nitrogens with two attached hydrogens (primary N) is 1. The zero-order chi connectivity index (χ0) is 18.5. The normalized spacial score (nSPS) is 10.5. The van der Waals surface area contributed by atoms with Crippen molar-refractivity contribution < 1.29 is 15.0 Å². The third kappa shape index (κ3) is 4.02. The SMILES string of the molecule is CC(=O)c1cccc(-c2ccc([N+](=O)[O-])c([NH2+]Cc3ccccc3)c2)c1. The Morgan fingerprint density at radius 2 is 1.69 bits per heavy atom. The van der Waals surface area contributed by atoms with Gasteiger partial charge in [-0.3, -0.25) is 14.9 Å². The van der Waals surface area contributed by atoms with Crippen LogP contribution in [0, 0.1) is 10.1 Å². The molecule has 0 bridgehead atoms. The fourth-order valence-electron chi connectivity index (χ4n) is 2.82. The highest BCUT2D eigenvalue weighted by atomic mass is 16.6. The molecule has 3 aromatic rings. The van der Waals surface area contributed by atoms with Gasteiger partial charge in [0.2, 0.25) is 5.69 Å². The van der Waals surface area contributed by atoms with Gasteiger partial charge in [0.25, 0.3) is 0 Å². The number of nitro groups is 1. The maximum atomic E-state index is 11.6. The van der Waals surface area contributed by atoms with E-state index in [1.54, 1.807) is 18.2 Å². The van der Waals surface area contributed by atoms with Crippen LogP contribution in [0.1, 0.15) is 22.8 Å². The molecule has 2 N–H and O–H groups in total. The molecule has 5 heteroatoms. The lowest BCUT2D eigenvalue weighted by atomic mass is 10.0. The number of benzene rings is 3. The van der Waals surface area contributed by atoms with Gasteiger partial charge in [0.15, 0.2) is 5.78 Å². The summed E-state index contributed by atoms with van der Waals surface area (Å²) in [6.07, 6.45) is 0. The zero-order valence-corrected chi connectivity index (χ0v) is 14.4. The number of hydrogen-bond donors (Lipinski definition) is 1. The van der Waals surface area contributed by atoms with Crippen molar-refractivity contribution in [2.75, 3.05) is 0 Å². The van der Waals surface area contributed by atoms with Gasteiger partial charge in [-0.1, -0.05) is 48.5 Å². The van der Waals surface area contributed by atoms with Crippen LogP contribution >= 0.6 is 0 Å². The Morgan fingerprint density at radius 1 is 0.962 bits per heavy atom. The Hall–Kier alpha value is -3.31. The predicted octanol–water partition coefficient (Wildman–Crippen LogP) is 3.86. The van der Waals surface area contributed by atoms with Crippen LogP contribution < -0.4 is 5.32 Å². The first-order valence-electron chi connectivity index (χ1n) is 8.31. The van der Waals surface area contributed by atoms with E-state index >= 15 is 0 Å². The Balaban J connectivity index is 1.94. The Labute approximate surface area is 151 Å². The van der Waals surface area contributed by atoms with E-state index < -0.39 is 0 Å². The lowest BCUT2D eigenvalue weighted by Gasteiger charge is -2.07. The molecule has 0 radical (unpaired) electrons. The summed E-state index contributed by atoms with van der Waals surface area (Å²) in [4.78, 5) is 22.6. The average molecular weight is 347 g/mol. The topological polar surface area (TPSA) is 76.8 Å². The fraction of sp³-hybridized carbons (Fsp3) is 0.0952. The molecule has 0 aromatic heterocycles. The van der Waals surface area contributed by atoms with Crippen molar-refractivity contribution in [2.24, 2.45) is 0 Å². The Kier molecular flexibility index (Phi) is 5.20. The van der Waals surface area contributed by atoms with Crippen LogP contribution in [-0.4, -0.2) is 10.7 Å². The summed E-state index contributed by atoms with van der Waals surface area (Å²) >= 11 is 0. The summed E-state index contributed by atoms with van der Waals surface area (Å²) in [5.74, 6) is -0.00961. The van der Waals surface area contributed by atoms with E-state index in [0.29, 0.717) is 17.8 Å². The molecule has 0 saturated heterocycles. The standard InChI is InChI=1S/C21H18N2O3/c1-15(24)17-8-5-9-18(12-17)19-10-11-21(23(25)26)20(13-19)22-14-16-6-3-2-4-7-16/h2-13,22H,14H2,1H3/p+1. The largest absolute Gasteiger partial charge is 0.329 e. The minimum atomic E-state index is -0.368. The molecule has 0 aliphatic carbocycles. The second-order valence-corrected chi connectivity index (χ2v) is 6.06. The molecule has 0 fully saturated rings. The van der Waals surface area contributed by atoms with Crippen LogP contribution in [0.5, 0.6) is 0 Å². The van der Waals surface area contributed by atoms with Gasteiger partial charge in [-0.25, -0.2) is 0 Å². The van der Waals surface area contributed by atoms with Gasteiger partial charge in [0.05, 0.1) is 4.92 Å². The predicted molar refractivity (Wildman–Crippen MR) is 100 cm³/mol. The van der Waals surface area contributed by atoms with E-state index in [9.17, 15) is 14.9 Å². The molecule has 0 aliphatic rings. The first-order chi connectivity index (χ1) is 12.5. The lowest BCUT2D eigenvalue weighted by Crippen LogP contribution is -2.76. The maximum absolute atomic E-state index is 11.6. The van der Waals surface area contributed by atoms with Crippen molar-refractivity contribution in [3.63, 3.8) is 0 Å². The first kappa shape index (κ1) is 17.5. The number of carbonyl (C=O) groups is 1. The quantitative estimate of drug-likeness (QED) is 0.318. The number of hydrogen-bond acceptors (Lipinski definition) is 3. The van der Waals surface area contributed by atoms with Crippen LogP contribution in [0.25, 0.3) is 11.1 Å². The van der Waals surface area contributed by atoms with Gasteiger partial charge in [0, 0.05) is 23.3 Å². The summed E-state index contributed by atoms with van der Waals surface area (Å²) in [6.45, 7) is 2.13. The number of Topliss-reactive ketones (excluding diaryl/α,β-unsaturated/α-hetero) is 1. The summed E-state index contributed by atoms with van der Waals surface area (Å²) in [5.41, 5.74) is 4.07. The first-order valence-corrected chi connectivity index (χ1v) is 8.31. The molecule has 5 nitrogen and oxygen atoms in total. The number of nitrogens with zero attached hydrogens (tertiary/aromatic N) is 1. The van der Waals surface area contributed by atoms with Crippen molar-refractivity contribution in [1.29, 1.82) is 0 Å². The van der Waals surface area contributed by atoms with Crippen LogP contribution in [0.4, 0.5) is 11.4 Å². The monoisotopic (exact) mass is 347 g/mol. The number of carbonyl (C=O) groups excluding carboxylic acids is 1. The lowest BCUT2D eigenvalue weighted by molar-refractivity contribution is -0.593. The molecule has 0 atom stereocenters. The molecule has 0 spiro atoms. The van der Waals surface area contributed by atoms with E-state index in [1.165, 1.54) is 13.0 Å². The highest BCUT2D eigenvalue weighted by Gasteiger charge is 2.18. The number of nitro benzene ring substituents is 1. The molecular formula is C21H19N2O3+. The molecular weight excluding hydrogens is 328 g/mol. The summed E-state index contributed by atoms with van der Waals surface area (Å²) in [6, 6.07) is 22.1.